The Labute approximate surface area is 121 Å². The van der Waals surface area contributed by atoms with Crippen LogP contribution in [0.5, 0.6) is 11.5 Å². The molecule has 20 heavy (non-hydrogen) atoms. The number of ether oxygens (including phenoxy) is 3. The third-order valence-electron chi connectivity index (χ3n) is 3.69. The van der Waals surface area contributed by atoms with E-state index in [1.54, 1.807) is 7.11 Å². The Hall–Kier alpha value is -1.26. The zero-order valence-electron chi connectivity index (χ0n) is 12.6. The SMILES string of the molecule is CCc1ccc(OCC2CCC(CNC)O2)c(OC)c1. The molecule has 0 spiro atoms. The van der Waals surface area contributed by atoms with Gasteiger partial charge in [0, 0.05) is 6.54 Å². The van der Waals surface area contributed by atoms with Crippen LogP contribution in [-0.2, 0) is 11.2 Å². The first-order valence-electron chi connectivity index (χ1n) is 7.36. The van der Waals surface area contributed by atoms with Crippen LogP contribution in [-0.4, -0.2) is 39.5 Å². The minimum atomic E-state index is 0.184. The lowest BCUT2D eigenvalue weighted by molar-refractivity contribution is 0.0188. The molecule has 1 heterocycles. The fraction of sp³-hybridized carbons (Fsp3) is 0.625. The summed E-state index contributed by atoms with van der Waals surface area (Å²) in [6.07, 6.45) is 3.65. The molecule has 1 aliphatic heterocycles. The maximum Gasteiger partial charge on any atom is 0.161 e. The predicted molar refractivity (Wildman–Crippen MR) is 79.7 cm³/mol. The molecular weight excluding hydrogens is 254 g/mol. The Morgan fingerprint density at radius 1 is 1.25 bits per heavy atom. The van der Waals surface area contributed by atoms with Crippen LogP contribution in [0.2, 0.25) is 0 Å². The summed E-state index contributed by atoms with van der Waals surface area (Å²) in [5.41, 5.74) is 1.25. The van der Waals surface area contributed by atoms with Gasteiger partial charge in [0.1, 0.15) is 6.61 Å². The van der Waals surface area contributed by atoms with E-state index in [1.807, 2.05) is 19.2 Å². The van der Waals surface area contributed by atoms with E-state index in [-0.39, 0.29) is 6.10 Å². The van der Waals surface area contributed by atoms with Crippen molar-refractivity contribution in [1.82, 2.24) is 5.32 Å². The average molecular weight is 279 g/mol. The topological polar surface area (TPSA) is 39.7 Å². The molecule has 1 saturated heterocycles. The van der Waals surface area contributed by atoms with E-state index in [4.69, 9.17) is 14.2 Å². The highest BCUT2D eigenvalue weighted by atomic mass is 16.6. The van der Waals surface area contributed by atoms with E-state index >= 15 is 0 Å². The van der Waals surface area contributed by atoms with Crippen molar-refractivity contribution in [2.45, 2.75) is 38.4 Å². The molecule has 2 unspecified atom stereocenters. The van der Waals surface area contributed by atoms with Crippen LogP contribution in [0.3, 0.4) is 0 Å². The molecule has 1 aromatic rings. The summed E-state index contributed by atoms with van der Waals surface area (Å²) < 4.78 is 17.2. The summed E-state index contributed by atoms with van der Waals surface area (Å²) in [6.45, 7) is 3.62. The standard InChI is InChI=1S/C16H25NO3/c1-4-12-5-8-15(16(9-12)18-3)19-11-14-7-6-13(20-14)10-17-2/h5,8-9,13-14,17H,4,6-7,10-11H2,1-3H3. The molecule has 0 bridgehead atoms. The van der Waals surface area contributed by atoms with Gasteiger partial charge in [0.05, 0.1) is 19.3 Å². The van der Waals surface area contributed by atoms with Crippen molar-refractivity contribution < 1.29 is 14.2 Å². The van der Waals surface area contributed by atoms with Crippen LogP contribution in [0.25, 0.3) is 0 Å². The monoisotopic (exact) mass is 279 g/mol. The number of nitrogens with one attached hydrogen (secondary N) is 1. The molecule has 2 atom stereocenters. The summed E-state index contributed by atoms with van der Waals surface area (Å²) >= 11 is 0. The first-order valence-corrected chi connectivity index (χ1v) is 7.36. The Morgan fingerprint density at radius 2 is 2.05 bits per heavy atom. The predicted octanol–water partition coefficient (Wildman–Crippen LogP) is 2.40. The number of hydrogen-bond acceptors (Lipinski definition) is 4. The molecule has 4 heteroatoms. The van der Waals surface area contributed by atoms with Gasteiger partial charge in [-0.3, -0.25) is 0 Å². The van der Waals surface area contributed by atoms with Gasteiger partial charge in [0.2, 0.25) is 0 Å². The molecule has 1 aromatic carbocycles. The third kappa shape index (κ3) is 3.87. The van der Waals surface area contributed by atoms with Crippen molar-refractivity contribution >= 4 is 0 Å². The number of hydrogen-bond donors (Lipinski definition) is 1. The van der Waals surface area contributed by atoms with E-state index in [2.05, 4.69) is 18.3 Å². The summed E-state index contributed by atoms with van der Waals surface area (Å²) in [7, 11) is 3.63. The number of benzene rings is 1. The molecule has 4 nitrogen and oxygen atoms in total. The minimum Gasteiger partial charge on any atom is -0.493 e. The van der Waals surface area contributed by atoms with Gasteiger partial charge in [-0.2, -0.15) is 0 Å². The van der Waals surface area contributed by atoms with Crippen molar-refractivity contribution in [3.05, 3.63) is 23.8 Å². The molecule has 2 rings (SSSR count). The highest BCUT2D eigenvalue weighted by Crippen LogP contribution is 2.29. The third-order valence-corrected chi connectivity index (χ3v) is 3.69. The van der Waals surface area contributed by atoms with Gasteiger partial charge >= 0.3 is 0 Å². The molecule has 0 saturated carbocycles. The van der Waals surface area contributed by atoms with Crippen LogP contribution in [0, 0.1) is 0 Å². The number of rotatable bonds is 7. The quantitative estimate of drug-likeness (QED) is 0.832. The molecule has 0 aromatic heterocycles. The van der Waals surface area contributed by atoms with Crippen molar-refractivity contribution in [3.8, 4) is 11.5 Å². The van der Waals surface area contributed by atoms with Gasteiger partial charge in [-0.15, -0.1) is 0 Å². The van der Waals surface area contributed by atoms with Gasteiger partial charge in [-0.25, -0.2) is 0 Å². The zero-order chi connectivity index (χ0) is 14.4. The lowest BCUT2D eigenvalue weighted by Crippen LogP contribution is -2.25. The Kier molecular flexibility index (Phi) is 5.68. The van der Waals surface area contributed by atoms with Gasteiger partial charge in [0.25, 0.3) is 0 Å². The molecule has 1 N–H and O–H groups in total. The minimum absolute atomic E-state index is 0.184. The molecule has 1 fully saturated rings. The maximum atomic E-state index is 5.91. The number of likely N-dealkylation sites (N-methyl/N-ethyl adjacent to an activating group) is 1. The first kappa shape index (κ1) is 15.1. The number of methoxy groups -OCH3 is 1. The number of aryl methyl sites for hydroxylation is 1. The Bertz CT molecular complexity index is 422. The van der Waals surface area contributed by atoms with Gasteiger partial charge in [-0.1, -0.05) is 13.0 Å². The summed E-state index contributed by atoms with van der Waals surface area (Å²) in [4.78, 5) is 0. The van der Waals surface area contributed by atoms with Crippen molar-refractivity contribution in [1.29, 1.82) is 0 Å². The second-order valence-corrected chi connectivity index (χ2v) is 5.16. The first-order chi connectivity index (χ1) is 9.76. The van der Waals surface area contributed by atoms with Crippen LogP contribution in [0.15, 0.2) is 18.2 Å². The van der Waals surface area contributed by atoms with Gasteiger partial charge in [0.15, 0.2) is 11.5 Å². The summed E-state index contributed by atoms with van der Waals surface area (Å²) in [6, 6.07) is 6.10. The molecular formula is C16H25NO3. The molecule has 0 amide bonds. The van der Waals surface area contributed by atoms with E-state index in [0.29, 0.717) is 12.7 Å². The average Bonchev–Trinajstić information content (AvgIpc) is 2.93. The van der Waals surface area contributed by atoms with E-state index in [1.165, 1.54) is 5.56 Å². The van der Waals surface area contributed by atoms with E-state index in [9.17, 15) is 0 Å². The van der Waals surface area contributed by atoms with E-state index in [0.717, 1.165) is 37.3 Å². The fourth-order valence-corrected chi connectivity index (χ4v) is 2.51. The molecule has 0 aliphatic carbocycles. The van der Waals surface area contributed by atoms with Crippen LogP contribution in [0.1, 0.15) is 25.3 Å². The lowest BCUT2D eigenvalue weighted by atomic mass is 10.1. The Balaban J connectivity index is 1.88. The summed E-state index contributed by atoms with van der Waals surface area (Å²) in [5, 5.41) is 3.15. The maximum absolute atomic E-state index is 5.91. The largest absolute Gasteiger partial charge is 0.493 e. The molecule has 0 radical (unpaired) electrons. The van der Waals surface area contributed by atoms with Crippen molar-refractivity contribution in [2.24, 2.45) is 0 Å². The Morgan fingerprint density at radius 3 is 2.75 bits per heavy atom. The molecule has 112 valence electrons. The normalized spacial score (nSPS) is 21.9. The second-order valence-electron chi connectivity index (χ2n) is 5.16. The van der Waals surface area contributed by atoms with Gasteiger partial charge in [-0.05, 0) is 44.0 Å². The van der Waals surface area contributed by atoms with Crippen LogP contribution in [0.4, 0.5) is 0 Å². The summed E-state index contributed by atoms with van der Waals surface area (Å²) in [5.74, 6) is 1.60. The van der Waals surface area contributed by atoms with E-state index < -0.39 is 0 Å². The smallest absolute Gasteiger partial charge is 0.161 e. The van der Waals surface area contributed by atoms with Crippen LogP contribution >= 0.6 is 0 Å². The van der Waals surface area contributed by atoms with Crippen LogP contribution < -0.4 is 14.8 Å². The lowest BCUT2D eigenvalue weighted by Gasteiger charge is -2.16. The highest BCUT2D eigenvalue weighted by Gasteiger charge is 2.25. The fourth-order valence-electron chi connectivity index (χ4n) is 2.51. The molecule has 1 aliphatic rings. The highest BCUT2D eigenvalue weighted by molar-refractivity contribution is 5.42. The van der Waals surface area contributed by atoms with Crippen molar-refractivity contribution in [2.75, 3.05) is 27.3 Å². The van der Waals surface area contributed by atoms with Crippen molar-refractivity contribution in [3.63, 3.8) is 0 Å². The zero-order valence-corrected chi connectivity index (χ0v) is 12.6. The van der Waals surface area contributed by atoms with Gasteiger partial charge < -0.3 is 19.5 Å². The second kappa shape index (κ2) is 7.50.